The minimum atomic E-state index is -0.825. The van der Waals surface area contributed by atoms with E-state index in [1.165, 1.54) is 4.88 Å². The molecule has 0 radical (unpaired) electrons. The first-order chi connectivity index (χ1) is 12.5. The van der Waals surface area contributed by atoms with Crippen LogP contribution in [0.1, 0.15) is 29.0 Å². The van der Waals surface area contributed by atoms with Crippen LogP contribution >= 0.6 is 11.3 Å². The van der Waals surface area contributed by atoms with E-state index in [1.807, 2.05) is 31.6 Å². The number of likely N-dealkylation sites (N-methyl/N-ethyl adjacent to an activating group) is 1. The van der Waals surface area contributed by atoms with Gasteiger partial charge < -0.3 is 4.90 Å². The van der Waals surface area contributed by atoms with Crippen molar-refractivity contribution < 1.29 is 9.18 Å². The third-order valence-corrected chi connectivity index (χ3v) is 5.88. The van der Waals surface area contributed by atoms with E-state index in [0.717, 1.165) is 11.3 Å². The van der Waals surface area contributed by atoms with Crippen molar-refractivity contribution in [3.05, 3.63) is 46.2 Å². The number of aromatic nitrogens is 2. The average molecular weight is 377 g/mol. The van der Waals surface area contributed by atoms with Gasteiger partial charge in [-0.15, -0.1) is 11.3 Å². The monoisotopic (exact) mass is 376 g/mol. The first kappa shape index (κ1) is 18.9. The summed E-state index contributed by atoms with van der Waals surface area (Å²) < 4.78 is 14.0. The highest BCUT2D eigenvalue weighted by molar-refractivity contribution is 7.09. The summed E-state index contributed by atoms with van der Waals surface area (Å²) >= 11 is 1.61. The topological polar surface area (TPSA) is 49.3 Å². The average Bonchev–Trinajstić information content (AvgIpc) is 3.19. The van der Waals surface area contributed by atoms with Crippen molar-refractivity contribution in [3.8, 4) is 0 Å². The number of rotatable bonds is 7. The predicted molar refractivity (Wildman–Crippen MR) is 101 cm³/mol. The van der Waals surface area contributed by atoms with Crippen molar-refractivity contribution in [3.63, 3.8) is 0 Å². The summed E-state index contributed by atoms with van der Waals surface area (Å²) in [5, 5.41) is 0. The van der Waals surface area contributed by atoms with Gasteiger partial charge in [-0.3, -0.25) is 14.7 Å². The number of halogens is 1. The third kappa shape index (κ3) is 4.86. The van der Waals surface area contributed by atoms with Gasteiger partial charge >= 0.3 is 0 Å². The predicted octanol–water partition coefficient (Wildman–Crippen LogP) is 2.85. The lowest BCUT2D eigenvalue weighted by atomic mass is 10.1. The van der Waals surface area contributed by atoms with E-state index in [4.69, 9.17) is 0 Å². The Kier molecular flexibility index (Phi) is 6.32. The Labute approximate surface area is 157 Å². The van der Waals surface area contributed by atoms with Crippen LogP contribution in [0.15, 0.2) is 30.0 Å². The Hall–Kier alpha value is -1.86. The van der Waals surface area contributed by atoms with Crippen molar-refractivity contribution >= 4 is 17.2 Å². The van der Waals surface area contributed by atoms with Crippen LogP contribution in [0.5, 0.6) is 0 Å². The number of alkyl halides is 1. The number of carbonyl (C=O) groups excluding carboxylic acids is 1. The highest BCUT2D eigenvalue weighted by Gasteiger charge is 2.33. The van der Waals surface area contributed by atoms with Crippen molar-refractivity contribution in [1.82, 2.24) is 19.8 Å². The number of pyridine rings is 1. The van der Waals surface area contributed by atoms with Crippen LogP contribution < -0.4 is 0 Å². The van der Waals surface area contributed by atoms with Crippen molar-refractivity contribution in [2.24, 2.45) is 0 Å². The van der Waals surface area contributed by atoms with Crippen LogP contribution in [0.3, 0.4) is 0 Å². The van der Waals surface area contributed by atoms with Crippen molar-refractivity contribution in [2.45, 2.75) is 44.9 Å². The lowest BCUT2D eigenvalue weighted by Gasteiger charge is -2.28. The molecular weight excluding hydrogens is 351 g/mol. The zero-order valence-electron chi connectivity index (χ0n) is 15.3. The standard InChI is InChI=1S/C19H25FN4OS/c1-14-18(26-13-22-14)12-24-10-16(20)9-17(24)11-23(2)19(25)4-3-15-5-7-21-8-6-15/h5-8,13,16-17H,3-4,9-12H2,1-2H3/t16-,17-/m0/s1. The maximum atomic E-state index is 14.0. The van der Waals surface area contributed by atoms with Crippen LogP contribution in [-0.2, 0) is 17.8 Å². The van der Waals surface area contributed by atoms with Crippen LogP contribution in [0, 0.1) is 6.92 Å². The molecule has 1 amide bonds. The molecule has 1 saturated heterocycles. The second-order valence-corrected chi connectivity index (χ2v) is 7.85. The van der Waals surface area contributed by atoms with Crippen LogP contribution in [0.4, 0.5) is 4.39 Å². The molecule has 0 spiro atoms. The Bertz CT molecular complexity index is 723. The molecule has 3 rings (SSSR count). The van der Waals surface area contributed by atoms with Gasteiger partial charge in [0.1, 0.15) is 6.17 Å². The van der Waals surface area contributed by atoms with E-state index < -0.39 is 6.17 Å². The Morgan fingerprint density at radius 3 is 2.88 bits per heavy atom. The number of likely N-dealkylation sites (tertiary alicyclic amines) is 1. The molecule has 2 atom stereocenters. The van der Waals surface area contributed by atoms with Gasteiger partial charge in [0, 0.05) is 56.4 Å². The molecule has 0 N–H and O–H groups in total. The summed E-state index contributed by atoms with van der Waals surface area (Å²) in [4.78, 5) is 25.8. The molecule has 5 nitrogen and oxygen atoms in total. The summed E-state index contributed by atoms with van der Waals surface area (Å²) in [5.41, 5.74) is 3.95. The summed E-state index contributed by atoms with van der Waals surface area (Å²) in [5.74, 6) is 0.0954. The summed E-state index contributed by atoms with van der Waals surface area (Å²) in [6, 6.07) is 3.91. The van der Waals surface area contributed by atoms with E-state index in [2.05, 4.69) is 14.9 Å². The molecule has 140 valence electrons. The van der Waals surface area contributed by atoms with Crippen LogP contribution in [0.2, 0.25) is 0 Å². The highest BCUT2D eigenvalue weighted by atomic mass is 32.1. The van der Waals surface area contributed by atoms with Gasteiger partial charge in [-0.2, -0.15) is 0 Å². The SMILES string of the molecule is Cc1ncsc1CN1C[C@@H](F)C[C@H]1CN(C)C(=O)CCc1ccncc1. The molecule has 0 bridgehead atoms. The second kappa shape index (κ2) is 8.68. The van der Waals surface area contributed by atoms with Gasteiger partial charge in [0.15, 0.2) is 0 Å². The lowest BCUT2D eigenvalue weighted by molar-refractivity contribution is -0.130. The number of thiazole rings is 1. The van der Waals surface area contributed by atoms with E-state index >= 15 is 0 Å². The van der Waals surface area contributed by atoms with Gasteiger partial charge in [-0.05, 0) is 37.5 Å². The molecule has 0 aromatic carbocycles. The normalized spacial score (nSPS) is 20.4. The fourth-order valence-electron chi connectivity index (χ4n) is 3.38. The molecule has 1 aliphatic rings. The number of nitrogens with zero attached hydrogens (tertiary/aromatic N) is 4. The van der Waals surface area contributed by atoms with E-state index in [0.29, 0.717) is 38.9 Å². The number of hydrogen-bond donors (Lipinski definition) is 0. The van der Waals surface area contributed by atoms with E-state index in [-0.39, 0.29) is 11.9 Å². The summed E-state index contributed by atoms with van der Waals surface area (Å²) in [7, 11) is 1.82. The Balaban J connectivity index is 1.53. The first-order valence-corrected chi connectivity index (χ1v) is 9.81. The van der Waals surface area contributed by atoms with Crippen molar-refractivity contribution in [1.29, 1.82) is 0 Å². The quantitative estimate of drug-likeness (QED) is 0.746. The van der Waals surface area contributed by atoms with Gasteiger partial charge in [0.05, 0.1) is 11.2 Å². The molecule has 26 heavy (non-hydrogen) atoms. The summed E-state index contributed by atoms with van der Waals surface area (Å²) in [6.07, 6.45) is 4.30. The third-order valence-electron chi connectivity index (χ3n) is 4.96. The van der Waals surface area contributed by atoms with Gasteiger partial charge in [-0.1, -0.05) is 0 Å². The number of carbonyl (C=O) groups is 1. The second-order valence-electron chi connectivity index (χ2n) is 6.91. The number of aryl methyl sites for hydroxylation is 2. The molecule has 7 heteroatoms. The van der Waals surface area contributed by atoms with Gasteiger partial charge in [0.25, 0.3) is 0 Å². The highest BCUT2D eigenvalue weighted by Crippen LogP contribution is 2.25. The molecule has 0 unspecified atom stereocenters. The molecule has 2 aromatic rings. The lowest BCUT2D eigenvalue weighted by Crippen LogP contribution is -2.41. The Morgan fingerprint density at radius 1 is 1.42 bits per heavy atom. The molecular formula is C19H25FN4OS. The minimum absolute atomic E-state index is 0.0568. The molecule has 0 saturated carbocycles. The first-order valence-electron chi connectivity index (χ1n) is 8.93. The largest absolute Gasteiger partial charge is 0.344 e. The molecule has 2 aromatic heterocycles. The number of hydrogen-bond acceptors (Lipinski definition) is 5. The van der Waals surface area contributed by atoms with Crippen molar-refractivity contribution in [2.75, 3.05) is 20.1 Å². The molecule has 3 heterocycles. The number of amides is 1. The minimum Gasteiger partial charge on any atom is -0.344 e. The maximum Gasteiger partial charge on any atom is 0.222 e. The zero-order chi connectivity index (χ0) is 18.5. The van der Waals surface area contributed by atoms with Crippen LogP contribution in [-0.4, -0.2) is 58.0 Å². The fourth-order valence-corrected chi connectivity index (χ4v) is 4.18. The van der Waals surface area contributed by atoms with E-state index in [1.54, 1.807) is 28.6 Å². The summed E-state index contributed by atoms with van der Waals surface area (Å²) in [6.45, 7) is 3.69. The van der Waals surface area contributed by atoms with E-state index in [9.17, 15) is 9.18 Å². The molecule has 1 fully saturated rings. The zero-order valence-corrected chi connectivity index (χ0v) is 16.1. The smallest absolute Gasteiger partial charge is 0.222 e. The Morgan fingerprint density at radius 2 is 2.19 bits per heavy atom. The fraction of sp³-hybridized carbons (Fsp3) is 0.526. The molecule has 0 aliphatic carbocycles. The van der Waals surface area contributed by atoms with Gasteiger partial charge in [0.2, 0.25) is 5.91 Å². The van der Waals surface area contributed by atoms with Gasteiger partial charge in [-0.25, -0.2) is 9.37 Å². The van der Waals surface area contributed by atoms with Crippen LogP contribution in [0.25, 0.3) is 0 Å². The molecule has 1 aliphatic heterocycles. The maximum absolute atomic E-state index is 14.0.